The Morgan fingerprint density at radius 2 is 1.70 bits per heavy atom. The van der Waals surface area contributed by atoms with Crippen molar-refractivity contribution in [2.24, 2.45) is 0 Å². The molecule has 2 rings (SSSR count). The van der Waals surface area contributed by atoms with Crippen molar-refractivity contribution in [3.63, 3.8) is 0 Å². The number of carbonyl (C=O) groups excluding carboxylic acids is 2. The summed E-state index contributed by atoms with van der Waals surface area (Å²) in [6.07, 6.45) is 0. The number of anilines is 1. The highest BCUT2D eigenvalue weighted by Crippen LogP contribution is 2.19. The number of amides is 2. The number of nitrogens with one attached hydrogen (secondary N) is 1. The van der Waals surface area contributed by atoms with Gasteiger partial charge in [0, 0.05) is 17.2 Å². The molecule has 7 heteroatoms. The lowest BCUT2D eigenvalue weighted by Crippen LogP contribution is -2.35. The van der Waals surface area contributed by atoms with Crippen LogP contribution in [0.3, 0.4) is 0 Å². The highest BCUT2D eigenvalue weighted by atomic mass is 79.9. The molecule has 0 aromatic heterocycles. The molecule has 0 bridgehead atoms. The predicted octanol–water partition coefficient (Wildman–Crippen LogP) is 3.44. The molecule has 0 heterocycles. The van der Waals surface area contributed by atoms with Crippen molar-refractivity contribution in [1.29, 1.82) is 0 Å². The van der Waals surface area contributed by atoms with Crippen LogP contribution in [-0.4, -0.2) is 30.3 Å². The molecule has 2 amide bonds. The first-order chi connectivity index (χ1) is 10.9. The van der Waals surface area contributed by atoms with Crippen LogP contribution in [0.15, 0.2) is 46.9 Å². The molecule has 0 atom stereocenters. The molecule has 2 aromatic carbocycles. The van der Waals surface area contributed by atoms with Crippen molar-refractivity contribution >= 4 is 33.4 Å². The number of carbonyl (C=O) groups is 2. The molecule has 0 aliphatic rings. The molecule has 0 aliphatic heterocycles. The molecular weight excluding hydrogens is 370 g/mol. The van der Waals surface area contributed by atoms with Gasteiger partial charge in [0.15, 0.2) is 0 Å². The number of hydrogen-bond acceptors (Lipinski definition) is 2. The van der Waals surface area contributed by atoms with E-state index < -0.39 is 23.4 Å². The topological polar surface area (TPSA) is 49.4 Å². The van der Waals surface area contributed by atoms with Crippen molar-refractivity contribution < 1.29 is 18.4 Å². The fourth-order valence-corrected chi connectivity index (χ4v) is 2.30. The zero-order valence-electron chi connectivity index (χ0n) is 12.1. The van der Waals surface area contributed by atoms with E-state index >= 15 is 0 Å². The number of benzene rings is 2. The number of halogens is 3. The standard InChI is InChI=1S/C16H13BrF2N2O2/c1-21(16(23)13-8-11(19)4-7-14(13)17)9-15(22)20-12-5-2-10(18)3-6-12/h2-8H,9H2,1H3,(H,20,22). The fraction of sp³-hybridized carbons (Fsp3) is 0.125. The largest absolute Gasteiger partial charge is 0.332 e. The minimum absolute atomic E-state index is 0.127. The first-order valence-electron chi connectivity index (χ1n) is 6.63. The first-order valence-corrected chi connectivity index (χ1v) is 7.42. The normalized spacial score (nSPS) is 10.3. The van der Waals surface area contributed by atoms with Gasteiger partial charge in [-0.05, 0) is 58.4 Å². The summed E-state index contributed by atoms with van der Waals surface area (Å²) in [6.45, 7) is -0.223. The van der Waals surface area contributed by atoms with Gasteiger partial charge in [-0.1, -0.05) is 0 Å². The van der Waals surface area contributed by atoms with Gasteiger partial charge in [-0.25, -0.2) is 8.78 Å². The molecular formula is C16H13BrF2N2O2. The minimum atomic E-state index is -0.541. The molecule has 0 radical (unpaired) electrons. The molecule has 1 N–H and O–H groups in total. The Hall–Kier alpha value is -2.28. The maximum Gasteiger partial charge on any atom is 0.255 e. The second-order valence-corrected chi connectivity index (χ2v) is 5.69. The van der Waals surface area contributed by atoms with E-state index in [1.54, 1.807) is 0 Å². The summed E-state index contributed by atoms with van der Waals surface area (Å²) < 4.78 is 26.5. The highest BCUT2D eigenvalue weighted by Gasteiger charge is 2.18. The van der Waals surface area contributed by atoms with E-state index in [0.29, 0.717) is 10.2 Å². The lowest BCUT2D eigenvalue weighted by Gasteiger charge is -2.17. The summed E-state index contributed by atoms with van der Waals surface area (Å²) in [7, 11) is 1.43. The molecule has 2 aromatic rings. The average Bonchev–Trinajstić information content (AvgIpc) is 2.51. The van der Waals surface area contributed by atoms with Crippen LogP contribution >= 0.6 is 15.9 Å². The smallest absolute Gasteiger partial charge is 0.255 e. The Bertz CT molecular complexity index is 735. The molecule has 0 fully saturated rings. The first kappa shape index (κ1) is 17.1. The van der Waals surface area contributed by atoms with E-state index in [4.69, 9.17) is 0 Å². The summed E-state index contributed by atoms with van der Waals surface area (Å²) in [4.78, 5) is 25.3. The van der Waals surface area contributed by atoms with E-state index in [0.717, 1.165) is 6.07 Å². The highest BCUT2D eigenvalue weighted by molar-refractivity contribution is 9.10. The van der Waals surface area contributed by atoms with Gasteiger partial charge in [-0.15, -0.1) is 0 Å². The van der Waals surface area contributed by atoms with Gasteiger partial charge in [0.05, 0.1) is 12.1 Å². The molecule has 0 saturated carbocycles. The van der Waals surface area contributed by atoms with Gasteiger partial charge < -0.3 is 10.2 Å². The SMILES string of the molecule is CN(CC(=O)Nc1ccc(F)cc1)C(=O)c1cc(F)ccc1Br. The molecule has 0 aliphatic carbocycles. The van der Waals surface area contributed by atoms with E-state index in [2.05, 4.69) is 21.2 Å². The zero-order chi connectivity index (χ0) is 17.0. The number of likely N-dealkylation sites (N-methyl/N-ethyl adjacent to an activating group) is 1. The Balaban J connectivity index is 2.01. The quantitative estimate of drug-likeness (QED) is 0.880. The van der Waals surface area contributed by atoms with Gasteiger partial charge in [-0.2, -0.15) is 0 Å². The third-order valence-electron chi connectivity index (χ3n) is 3.01. The second-order valence-electron chi connectivity index (χ2n) is 4.84. The lowest BCUT2D eigenvalue weighted by atomic mass is 10.2. The van der Waals surface area contributed by atoms with Crippen LogP contribution in [0.2, 0.25) is 0 Å². The lowest BCUT2D eigenvalue weighted by molar-refractivity contribution is -0.116. The predicted molar refractivity (Wildman–Crippen MR) is 86.1 cm³/mol. The van der Waals surface area contributed by atoms with Crippen LogP contribution in [0.25, 0.3) is 0 Å². The summed E-state index contributed by atoms with van der Waals surface area (Å²) in [6, 6.07) is 9.01. The minimum Gasteiger partial charge on any atom is -0.332 e. The number of nitrogens with zero attached hydrogens (tertiary/aromatic N) is 1. The van der Waals surface area contributed by atoms with Crippen molar-refractivity contribution in [2.45, 2.75) is 0 Å². The zero-order valence-corrected chi connectivity index (χ0v) is 13.7. The Labute approximate surface area is 140 Å². The number of rotatable bonds is 4. The maximum absolute atomic E-state index is 13.3. The molecule has 0 unspecified atom stereocenters. The Morgan fingerprint density at radius 1 is 1.09 bits per heavy atom. The summed E-state index contributed by atoms with van der Waals surface area (Å²) in [5, 5.41) is 2.55. The third kappa shape index (κ3) is 4.59. The van der Waals surface area contributed by atoms with Gasteiger partial charge in [0.25, 0.3) is 5.91 Å². The molecule has 0 spiro atoms. The average molecular weight is 383 g/mol. The van der Waals surface area contributed by atoms with Crippen LogP contribution < -0.4 is 5.32 Å². The van der Waals surface area contributed by atoms with Crippen molar-refractivity contribution in [3.8, 4) is 0 Å². The maximum atomic E-state index is 13.3. The van der Waals surface area contributed by atoms with Crippen LogP contribution in [0.1, 0.15) is 10.4 Å². The summed E-state index contributed by atoms with van der Waals surface area (Å²) in [5.41, 5.74) is 0.547. The summed E-state index contributed by atoms with van der Waals surface area (Å²) >= 11 is 3.18. The van der Waals surface area contributed by atoms with Gasteiger partial charge in [0.2, 0.25) is 5.91 Å². The number of hydrogen-bond donors (Lipinski definition) is 1. The van der Waals surface area contributed by atoms with Crippen LogP contribution in [0, 0.1) is 11.6 Å². The van der Waals surface area contributed by atoms with E-state index in [9.17, 15) is 18.4 Å². The molecule has 23 heavy (non-hydrogen) atoms. The van der Waals surface area contributed by atoms with Crippen molar-refractivity contribution in [3.05, 3.63) is 64.1 Å². The van der Waals surface area contributed by atoms with E-state index in [1.807, 2.05) is 0 Å². The summed E-state index contributed by atoms with van der Waals surface area (Å²) in [5.74, 6) is -1.89. The molecule has 4 nitrogen and oxygen atoms in total. The van der Waals surface area contributed by atoms with Gasteiger partial charge in [0.1, 0.15) is 11.6 Å². The Kier molecular flexibility index (Phi) is 5.44. The van der Waals surface area contributed by atoms with Gasteiger partial charge >= 0.3 is 0 Å². The van der Waals surface area contributed by atoms with E-state index in [-0.39, 0.29) is 12.1 Å². The fourth-order valence-electron chi connectivity index (χ4n) is 1.89. The second kappa shape index (κ2) is 7.32. The van der Waals surface area contributed by atoms with Crippen LogP contribution in [0.4, 0.5) is 14.5 Å². The van der Waals surface area contributed by atoms with E-state index in [1.165, 1.54) is 48.3 Å². The Morgan fingerprint density at radius 3 is 2.35 bits per heavy atom. The van der Waals surface area contributed by atoms with Crippen LogP contribution in [0.5, 0.6) is 0 Å². The third-order valence-corrected chi connectivity index (χ3v) is 3.71. The molecule has 120 valence electrons. The van der Waals surface area contributed by atoms with Gasteiger partial charge in [-0.3, -0.25) is 9.59 Å². The van der Waals surface area contributed by atoms with Crippen molar-refractivity contribution in [1.82, 2.24) is 4.90 Å². The molecule has 0 saturated heterocycles. The van der Waals surface area contributed by atoms with Crippen LogP contribution in [-0.2, 0) is 4.79 Å². The monoisotopic (exact) mass is 382 g/mol. The van der Waals surface area contributed by atoms with Crippen molar-refractivity contribution in [2.75, 3.05) is 18.9 Å².